The Balaban J connectivity index is 1.76. The van der Waals surface area contributed by atoms with E-state index in [4.69, 9.17) is 17.2 Å². The van der Waals surface area contributed by atoms with E-state index >= 15 is 0 Å². The number of para-hydroxylation sites is 1. The van der Waals surface area contributed by atoms with Crippen LogP contribution in [0.25, 0.3) is 10.9 Å². The number of rotatable bonds is 17. The highest BCUT2D eigenvalue weighted by molar-refractivity contribution is 5.95. The van der Waals surface area contributed by atoms with Crippen molar-refractivity contribution in [3.05, 3.63) is 71.9 Å². The number of carbonyl (C=O) groups is 5. The number of hydrogen-bond acceptors (Lipinski definition) is 7. The number of nitrogens with two attached hydrogens (primary N) is 3. The molecule has 0 spiro atoms. The molecule has 4 atom stereocenters. The Hall–Kier alpha value is -4.75. The molecule has 2 aromatic carbocycles. The van der Waals surface area contributed by atoms with Crippen molar-refractivity contribution in [2.24, 2.45) is 17.2 Å². The lowest BCUT2D eigenvalue weighted by atomic mass is 10.0. The van der Waals surface area contributed by atoms with Crippen LogP contribution in [-0.2, 0) is 36.8 Å². The molecule has 0 bridgehead atoms. The summed E-state index contributed by atoms with van der Waals surface area (Å²) in [5.41, 5.74) is 19.5. The van der Waals surface area contributed by atoms with Crippen molar-refractivity contribution >= 4 is 40.5 Å². The Morgan fingerprint density at radius 1 is 0.791 bits per heavy atom. The number of nitrogens with one attached hydrogen (secondary N) is 4. The van der Waals surface area contributed by atoms with E-state index in [0.29, 0.717) is 24.9 Å². The lowest BCUT2D eigenvalue weighted by molar-refractivity contribution is -0.143. The first-order valence-corrected chi connectivity index (χ1v) is 14.1. The second-order valence-electron chi connectivity index (χ2n) is 10.3. The van der Waals surface area contributed by atoms with Crippen LogP contribution in [0.3, 0.4) is 0 Å². The maximum Gasteiger partial charge on any atom is 0.326 e. The summed E-state index contributed by atoms with van der Waals surface area (Å²) in [5.74, 6) is -4.39. The number of amides is 4. The molecule has 0 radical (unpaired) electrons. The predicted molar refractivity (Wildman–Crippen MR) is 160 cm³/mol. The van der Waals surface area contributed by atoms with Gasteiger partial charge in [-0.05, 0) is 49.4 Å². The fourth-order valence-electron chi connectivity index (χ4n) is 4.68. The molecular weight excluding hydrogens is 554 g/mol. The van der Waals surface area contributed by atoms with Gasteiger partial charge in [-0.1, -0.05) is 48.5 Å². The van der Waals surface area contributed by atoms with E-state index in [2.05, 4.69) is 20.9 Å². The number of carboxylic acids is 1. The second kappa shape index (κ2) is 16.0. The standard InChI is InChI=1S/C30H39N7O6/c31-13-7-6-12-23(35-27(39)21(32)15-19-17-34-22-11-5-4-10-20(19)22)28(40)36-24(14-18-8-2-1-3-9-18)29(41)37-25(30(42)43)16-26(33)38/h1-5,8-11,17,21,23-25,34H,6-7,12-16,31-32H2,(H2,33,38)(H,35,39)(H,36,40)(H,37,41)(H,42,43). The quantitative estimate of drug-likeness (QED) is 0.0975. The third-order valence-electron chi connectivity index (χ3n) is 6.97. The summed E-state index contributed by atoms with van der Waals surface area (Å²) in [4.78, 5) is 66.0. The molecule has 0 aliphatic rings. The molecule has 13 heteroatoms. The Bertz CT molecular complexity index is 1410. The fourth-order valence-corrected chi connectivity index (χ4v) is 4.68. The molecule has 0 saturated heterocycles. The number of H-pyrrole nitrogens is 1. The highest BCUT2D eigenvalue weighted by atomic mass is 16.4. The molecular formula is C30H39N7O6. The smallest absolute Gasteiger partial charge is 0.326 e. The average molecular weight is 594 g/mol. The number of aromatic nitrogens is 1. The second-order valence-corrected chi connectivity index (χ2v) is 10.3. The molecule has 13 nitrogen and oxygen atoms in total. The molecule has 1 aromatic heterocycles. The predicted octanol–water partition coefficient (Wildman–Crippen LogP) is -0.176. The molecule has 4 unspecified atom stereocenters. The van der Waals surface area contributed by atoms with Crippen molar-refractivity contribution < 1.29 is 29.1 Å². The van der Waals surface area contributed by atoms with Gasteiger partial charge in [0, 0.05) is 23.5 Å². The van der Waals surface area contributed by atoms with Gasteiger partial charge in [-0.25, -0.2) is 4.79 Å². The van der Waals surface area contributed by atoms with Crippen molar-refractivity contribution in [3.8, 4) is 0 Å². The van der Waals surface area contributed by atoms with Crippen LogP contribution in [0.5, 0.6) is 0 Å². The van der Waals surface area contributed by atoms with Gasteiger partial charge in [-0.3, -0.25) is 19.2 Å². The van der Waals surface area contributed by atoms with Gasteiger partial charge in [-0.15, -0.1) is 0 Å². The summed E-state index contributed by atoms with van der Waals surface area (Å²) in [6, 6.07) is 11.6. The third-order valence-corrected chi connectivity index (χ3v) is 6.97. The van der Waals surface area contributed by atoms with Crippen LogP contribution in [-0.4, -0.2) is 70.4 Å². The first-order chi connectivity index (χ1) is 20.6. The van der Waals surface area contributed by atoms with Gasteiger partial charge in [0.1, 0.15) is 18.1 Å². The summed E-state index contributed by atoms with van der Waals surface area (Å²) in [6.07, 6.45) is 2.75. The van der Waals surface area contributed by atoms with E-state index in [1.165, 1.54) is 0 Å². The maximum absolute atomic E-state index is 13.5. The van der Waals surface area contributed by atoms with Crippen LogP contribution in [0, 0.1) is 0 Å². The summed E-state index contributed by atoms with van der Waals surface area (Å²) in [5, 5.41) is 18.0. The van der Waals surface area contributed by atoms with Crippen LogP contribution in [0.1, 0.15) is 36.8 Å². The Morgan fingerprint density at radius 2 is 1.42 bits per heavy atom. The molecule has 0 saturated carbocycles. The average Bonchev–Trinajstić information content (AvgIpc) is 3.38. The number of benzene rings is 2. The molecule has 230 valence electrons. The lowest BCUT2D eigenvalue weighted by Gasteiger charge is -2.25. The molecule has 0 fully saturated rings. The number of fused-ring (bicyclic) bond motifs is 1. The van der Waals surface area contributed by atoms with Crippen molar-refractivity contribution in [3.63, 3.8) is 0 Å². The highest BCUT2D eigenvalue weighted by Gasteiger charge is 2.31. The Labute approximate surface area is 248 Å². The lowest BCUT2D eigenvalue weighted by Crippen LogP contribution is -2.58. The van der Waals surface area contributed by atoms with Gasteiger partial charge >= 0.3 is 5.97 Å². The largest absolute Gasteiger partial charge is 0.480 e. The topological polar surface area (TPSA) is 236 Å². The summed E-state index contributed by atoms with van der Waals surface area (Å²) in [7, 11) is 0. The van der Waals surface area contributed by atoms with E-state index in [9.17, 15) is 29.1 Å². The number of primary amides is 1. The van der Waals surface area contributed by atoms with Crippen molar-refractivity contribution in [1.82, 2.24) is 20.9 Å². The third kappa shape index (κ3) is 9.94. The zero-order valence-electron chi connectivity index (χ0n) is 23.8. The van der Waals surface area contributed by atoms with Gasteiger partial charge in [-0.2, -0.15) is 0 Å². The van der Waals surface area contributed by atoms with Gasteiger partial charge < -0.3 is 43.2 Å². The Morgan fingerprint density at radius 3 is 2.09 bits per heavy atom. The van der Waals surface area contributed by atoms with E-state index in [0.717, 1.165) is 16.5 Å². The fraction of sp³-hybridized carbons (Fsp3) is 0.367. The first-order valence-electron chi connectivity index (χ1n) is 14.1. The molecule has 43 heavy (non-hydrogen) atoms. The van der Waals surface area contributed by atoms with Crippen LogP contribution in [0.2, 0.25) is 0 Å². The van der Waals surface area contributed by atoms with Crippen molar-refractivity contribution in [2.75, 3.05) is 6.54 Å². The zero-order valence-corrected chi connectivity index (χ0v) is 23.8. The van der Waals surface area contributed by atoms with Gasteiger partial charge in [0.05, 0.1) is 12.5 Å². The van der Waals surface area contributed by atoms with E-state index in [-0.39, 0.29) is 19.3 Å². The van der Waals surface area contributed by atoms with E-state index < -0.39 is 60.2 Å². The molecule has 4 amide bonds. The first kappa shape index (κ1) is 32.8. The molecule has 0 aliphatic heterocycles. The minimum Gasteiger partial charge on any atom is -0.480 e. The van der Waals surface area contributed by atoms with Crippen molar-refractivity contribution in [2.45, 2.75) is 62.7 Å². The zero-order chi connectivity index (χ0) is 31.4. The normalized spacial score (nSPS) is 13.8. The molecule has 3 aromatic rings. The summed E-state index contributed by atoms with van der Waals surface area (Å²) < 4.78 is 0. The van der Waals surface area contributed by atoms with Crippen LogP contribution < -0.4 is 33.2 Å². The summed E-state index contributed by atoms with van der Waals surface area (Å²) >= 11 is 0. The summed E-state index contributed by atoms with van der Waals surface area (Å²) in [6.45, 7) is 0.387. The number of aromatic amines is 1. The Kier molecular flexibility index (Phi) is 12.2. The molecule has 3 rings (SSSR count). The van der Waals surface area contributed by atoms with E-state index in [1.54, 1.807) is 36.5 Å². The van der Waals surface area contributed by atoms with Crippen LogP contribution >= 0.6 is 0 Å². The number of aliphatic carboxylic acids is 1. The van der Waals surface area contributed by atoms with E-state index in [1.807, 2.05) is 24.3 Å². The molecule has 0 aliphatic carbocycles. The maximum atomic E-state index is 13.5. The number of hydrogen-bond donors (Lipinski definition) is 8. The highest BCUT2D eigenvalue weighted by Crippen LogP contribution is 2.19. The number of carboxylic acid groups (broad SMARTS) is 1. The van der Waals surface area contributed by atoms with Crippen molar-refractivity contribution in [1.29, 1.82) is 0 Å². The minimum atomic E-state index is -1.58. The minimum absolute atomic E-state index is 0.0187. The van der Waals surface area contributed by atoms with Gasteiger partial charge in [0.25, 0.3) is 0 Å². The van der Waals surface area contributed by atoms with Gasteiger partial charge in [0.2, 0.25) is 23.6 Å². The number of carbonyl (C=O) groups excluding carboxylic acids is 4. The van der Waals surface area contributed by atoms with Gasteiger partial charge in [0.15, 0.2) is 0 Å². The molecule has 11 N–H and O–H groups in total. The number of unbranched alkanes of at least 4 members (excludes halogenated alkanes) is 1. The van der Waals surface area contributed by atoms with Crippen LogP contribution in [0.15, 0.2) is 60.8 Å². The molecule has 1 heterocycles. The SMILES string of the molecule is NCCCCC(NC(=O)C(N)Cc1c[nH]c2ccccc12)C(=O)NC(Cc1ccccc1)C(=O)NC(CC(N)=O)C(=O)O. The van der Waals surface area contributed by atoms with Crippen LogP contribution in [0.4, 0.5) is 0 Å². The monoisotopic (exact) mass is 593 g/mol.